The zero-order valence-electron chi connectivity index (χ0n) is 11.2. The van der Waals surface area contributed by atoms with Gasteiger partial charge in [-0.05, 0) is 43.2 Å². The number of nitrogens with two attached hydrogens (primary N) is 1. The molecule has 0 aromatic heterocycles. The van der Waals surface area contributed by atoms with Crippen molar-refractivity contribution in [1.82, 2.24) is 0 Å². The number of rotatable bonds is 4. The van der Waals surface area contributed by atoms with Crippen LogP contribution in [0, 0.1) is 5.82 Å². The van der Waals surface area contributed by atoms with Crippen molar-refractivity contribution >= 4 is 0 Å². The number of ether oxygens (including phenoxy) is 1. The molecule has 2 N–H and O–H groups in total. The smallest absolute Gasteiger partial charge is 0.135 e. The van der Waals surface area contributed by atoms with Crippen LogP contribution in [-0.2, 0) is 6.42 Å². The molecule has 0 aliphatic heterocycles. The van der Waals surface area contributed by atoms with Gasteiger partial charge in [0.15, 0.2) is 0 Å². The molecule has 0 aliphatic rings. The van der Waals surface area contributed by atoms with Gasteiger partial charge in [0.05, 0.1) is 0 Å². The molecule has 0 spiro atoms. The summed E-state index contributed by atoms with van der Waals surface area (Å²) < 4.78 is 19.5. The lowest BCUT2D eigenvalue weighted by molar-refractivity contribution is 0.460. The fourth-order valence-electron chi connectivity index (χ4n) is 1.97. The Labute approximate surface area is 113 Å². The molecule has 0 saturated heterocycles. The molecule has 2 aromatic rings. The minimum absolute atomic E-state index is 0.335. The molecule has 1 atom stereocenters. The molecule has 2 aromatic carbocycles. The molecular formula is C16H18FNO. The number of hydrogen-bond donors (Lipinski definition) is 1. The monoisotopic (exact) mass is 259 g/mol. The Morgan fingerprint density at radius 1 is 1.16 bits per heavy atom. The second-order valence-electron chi connectivity index (χ2n) is 4.54. The lowest BCUT2D eigenvalue weighted by Crippen LogP contribution is -2.09. The van der Waals surface area contributed by atoms with E-state index in [9.17, 15) is 4.39 Å². The van der Waals surface area contributed by atoms with Crippen LogP contribution in [0.25, 0.3) is 0 Å². The molecule has 0 saturated carbocycles. The van der Waals surface area contributed by atoms with Crippen LogP contribution in [0.3, 0.4) is 0 Å². The summed E-state index contributed by atoms with van der Waals surface area (Å²) in [4.78, 5) is 0. The van der Waals surface area contributed by atoms with E-state index < -0.39 is 6.04 Å². The van der Waals surface area contributed by atoms with Gasteiger partial charge >= 0.3 is 0 Å². The Morgan fingerprint density at radius 2 is 1.84 bits per heavy atom. The number of aryl methyl sites for hydroxylation is 1. The molecule has 0 radical (unpaired) electrons. The van der Waals surface area contributed by atoms with E-state index in [2.05, 4.69) is 6.92 Å². The molecule has 2 rings (SSSR count). The molecule has 0 aliphatic carbocycles. The maximum absolute atomic E-state index is 13.8. The molecule has 100 valence electrons. The Morgan fingerprint density at radius 3 is 2.42 bits per heavy atom. The van der Waals surface area contributed by atoms with Gasteiger partial charge in [0.1, 0.15) is 17.3 Å². The maximum Gasteiger partial charge on any atom is 0.135 e. The van der Waals surface area contributed by atoms with Gasteiger partial charge in [0.25, 0.3) is 0 Å². The van der Waals surface area contributed by atoms with E-state index in [4.69, 9.17) is 10.5 Å². The molecule has 0 bridgehead atoms. The molecule has 0 fully saturated rings. The number of hydrogen-bond acceptors (Lipinski definition) is 2. The van der Waals surface area contributed by atoms with Crippen molar-refractivity contribution in [1.29, 1.82) is 0 Å². The Kier molecular flexibility index (Phi) is 4.17. The van der Waals surface area contributed by atoms with Gasteiger partial charge < -0.3 is 10.5 Å². The van der Waals surface area contributed by atoms with E-state index in [1.165, 1.54) is 11.6 Å². The third-order valence-corrected chi connectivity index (χ3v) is 3.03. The third-order valence-electron chi connectivity index (χ3n) is 3.03. The van der Waals surface area contributed by atoms with Gasteiger partial charge in [-0.3, -0.25) is 0 Å². The largest absolute Gasteiger partial charge is 0.457 e. The first-order chi connectivity index (χ1) is 9.11. The van der Waals surface area contributed by atoms with E-state index in [0.717, 1.165) is 6.42 Å². The molecule has 2 nitrogen and oxygen atoms in total. The van der Waals surface area contributed by atoms with Crippen molar-refractivity contribution in [3.63, 3.8) is 0 Å². The summed E-state index contributed by atoms with van der Waals surface area (Å²) >= 11 is 0. The van der Waals surface area contributed by atoms with E-state index >= 15 is 0 Å². The first-order valence-corrected chi connectivity index (χ1v) is 6.42. The fourth-order valence-corrected chi connectivity index (χ4v) is 1.97. The second kappa shape index (κ2) is 5.85. The molecule has 3 heteroatoms. The first kappa shape index (κ1) is 13.6. The number of benzene rings is 2. The third kappa shape index (κ3) is 3.12. The highest BCUT2D eigenvalue weighted by Crippen LogP contribution is 2.30. The Bertz CT molecular complexity index is 549. The first-order valence-electron chi connectivity index (χ1n) is 6.42. The van der Waals surface area contributed by atoms with Gasteiger partial charge in [-0.25, -0.2) is 4.39 Å². The fraction of sp³-hybridized carbons (Fsp3) is 0.250. The molecular weight excluding hydrogens is 241 g/mol. The predicted octanol–water partition coefficient (Wildman–Crippen LogP) is 4.20. The van der Waals surface area contributed by atoms with Crippen LogP contribution in [0.1, 0.15) is 31.0 Å². The van der Waals surface area contributed by atoms with Gasteiger partial charge in [-0.2, -0.15) is 0 Å². The van der Waals surface area contributed by atoms with Crippen molar-refractivity contribution in [2.75, 3.05) is 0 Å². The van der Waals surface area contributed by atoms with Gasteiger partial charge in [0.2, 0.25) is 0 Å². The SMILES string of the molecule is CCc1ccc(Oc2cccc(F)c2[C@H](C)N)cc1. The van der Waals surface area contributed by atoms with Crippen molar-refractivity contribution in [3.05, 3.63) is 59.4 Å². The van der Waals surface area contributed by atoms with Crippen LogP contribution in [0.15, 0.2) is 42.5 Å². The Hall–Kier alpha value is -1.87. The molecule has 0 heterocycles. The molecule has 0 amide bonds. The summed E-state index contributed by atoms with van der Waals surface area (Å²) in [6.45, 7) is 3.84. The van der Waals surface area contributed by atoms with Crippen LogP contribution < -0.4 is 10.5 Å². The molecule has 19 heavy (non-hydrogen) atoms. The lowest BCUT2D eigenvalue weighted by Gasteiger charge is -2.14. The molecule has 0 unspecified atom stereocenters. The minimum Gasteiger partial charge on any atom is -0.457 e. The van der Waals surface area contributed by atoms with Crippen molar-refractivity contribution < 1.29 is 9.13 Å². The zero-order chi connectivity index (χ0) is 13.8. The second-order valence-corrected chi connectivity index (χ2v) is 4.54. The summed E-state index contributed by atoms with van der Waals surface area (Å²) in [5.41, 5.74) is 7.43. The lowest BCUT2D eigenvalue weighted by atomic mass is 10.1. The normalized spacial score (nSPS) is 12.2. The van der Waals surface area contributed by atoms with Crippen LogP contribution in [-0.4, -0.2) is 0 Å². The highest BCUT2D eigenvalue weighted by atomic mass is 19.1. The minimum atomic E-state index is -0.411. The zero-order valence-corrected chi connectivity index (χ0v) is 11.2. The highest BCUT2D eigenvalue weighted by Gasteiger charge is 2.14. The van der Waals surface area contributed by atoms with Crippen LogP contribution in [0.2, 0.25) is 0 Å². The summed E-state index contributed by atoms with van der Waals surface area (Å²) in [6, 6.07) is 12.1. The van der Waals surface area contributed by atoms with Gasteiger partial charge in [0, 0.05) is 11.6 Å². The van der Waals surface area contributed by atoms with Crippen LogP contribution in [0.5, 0.6) is 11.5 Å². The summed E-state index contributed by atoms with van der Waals surface area (Å²) in [5, 5.41) is 0. The van der Waals surface area contributed by atoms with Gasteiger partial charge in [-0.15, -0.1) is 0 Å². The van der Waals surface area contributed by atoms with Gasteiger partial charge in [-0.1, -0.05) is 25.1 Å². The van der Waals surface area contributed by atoms with Crippen molar-refractivity contribution in [2.45, 2.75) is 26.3 Å². The highest BCUT2D eigenvalue weighted by molar-refractivity contribution is 5.40. The predicted molar refractivity (Wildman–Crippen MR) is 74.9 cm³/mol. The van der Waals surface area contributed by atoms with E-state index in [1.807, 2.05) is 24.3 Å². The van der Waals surface area contributed by atoms with Crippen molar-refractivity contribution in [3.8, 4) is 11.5 Å². The van der Waals surface area contributed by atoms with E-state index in [1.54, 1.807) is 19.1 Å². The summed E-state index contributed by atoms with van der Waals surface area (Å²) in [5.74, 6) is 0.821. The summed E-state index contributed by atoms with van der Waals surface area (Å²) in [7, 11) is 0. The van der Waals surface area contributed by atoms with Crippen LogP contribution >= 0.6 is 0 Å². The van der Waals surface area contributed by atoms with Crippen molar-refractivity contribution in [2.24, 2.45) is 5.73 Å². The Balaban J connectivity index is 2.29. The summed E-state index contributed by atoms with van der Waals surface area (Å²) in [6.07, 6.45) is 0.978. The average molecular weight is 259 g/mol. The quantitative estimate of drug-likeness (QED) is 0.893. The van der Waals surface area contributed by atoms with E-state index in [-0.39, 0.29) is 5.82 Å². The average Bonchev–Trinajstić information content (AvgIpc) is 2.39. The topological polar surface area (TPSA) is 35.2 Å². The van der Waals surface area contributed by atoms with Crippen LogP contribution in [0.4, 0.5) is 4.39 Å². The number of halogens is 1. The maximum atomic E-state index is 13.8. The standard InChI is InChI=1S/C16H18FNO/c1-3-12-7-9-13(10-8-12)19-15-6-4-5-14(17)16(15)11(2)18/h4-11H,3,18H2,1-2H3/t11-/m0/s1. The van der Waals surface area contributed by atoms with E-state index in [0.29, 0.717) is 17.1 Å².